The summed E-state index contributed by atoms with van der Waals surface area (Å²) in [5, 5.41) is 18.5. The van der Waals surface area contributed by atoms with Crippen LogP contribution in [0.1, 0.15) is 48.3 Å². The van der Waals surface area contributed by atoms with E-state index in [0.717, 1.165) is 0 Å². The van der Waals surface area contributed by atoms with Crippen molar-refractivity contribution in [3.63, 3.8) is 0 Å². The molecule has 0 aromatic carbocycles. The van der Waals surface area contributed by atoms with Gasteiger partial charge in [0.25, 0.3) is 0 Å². The molecule has 0 aliphatic carbocycles. The number of pyridine rings is 1. The molecule has 0 saturated heterocycles. The molecule has 0 saturated carbocycles. The van der Waals surface area contributed by atoms with Crippen LogP contribution in [0.4, 0.5) is 0 Å². The smallest absolute Gasteiger partial charge is 0.423 e. The monoisotopic (exact) mass is 205 g/mol. The first-order valence-electron chi connectivity index (χ1n) is 9.65. The molecular weight excluding hydrogens is 177 g/mol. The highest BCUT2D eigenvalue weighted by Crippen LogP contribution is 2.19. The maximum atomic E-state index is 9.27. The van der Waals surface area contributed by atoms with Gasteiger partial charge in [0.2, 0.25) is 0 Å². The fraction of sp³-hybridized carbons (Fsp3) is 0.500. The molecule has 76 valence electrons. The predicted molar refractivity (Wildman–Crippen MR) is 57.5 cm³/mol. The molecule has 0 fully saturated rings. The van der Waals surface area contributed by atoms with E-state index in [-0.39, 0.29) is 0 Å². The van der Waals surface area contributed by atoms with Crippen LogP contribution in [0, 0.1) is 6.85 Å². The minimum absolute atomic E-state index is 0.479. The molecule has 1 rings (SSSR count). The van der Waals surface area contributed by atoms with Gasteiger partial charge in [0, 0.05) is 39.2 Å². The van der Waals surface area contributed by atoms with E-state index in [4.69, 9.17) is 16.4 Å². The van der Waals surface area contributed by atoms with Crippen molar-refractivity contribution >= 4 is 12.6 Å². The molecule has 14 heavy (non-hydrogen) atoms. The molecule has 1 heterocycles. The lowest BCUT2D eigenvalue weighted by molar-refractivity contribution is 0.425. The van der Waals surface area contributed by atoms with Crippen molar-refractivity contribution in [3.05, 3.63) is 23.5 Å². The van der Waals surface area contributed by atoms with Crippen molar-refractivity contribution in [2.75, 3.05) is 0 Å². The second-order valence-electron chi connectivity index (χ2n) is 2.78. The summed E-state index contributed by atoms with van der Waals surface area (Å²) in [5.41, 5.74) is -5.93. The fourth-order valence-corrected chi connectivity index (χ4v) is 0.877. The van der Waals surface area contributed by atoms with Crippen LogP contribution in [0.2, 0.25) is 0 Å². The maximum Gasteiger partial charge on any atom is 0.490 e. The molecule has 4 heteroatoms. The third-order valence-electron chi connectivity index (χ3n) is 1.60. The highest BCUT2D eigenvalue weighted by atomic mass is 16.4. The molecule has 1 aromatic rings. The van der Waals surface area contributed by atoms with E-state index in [1.54, 1.807) is 0 Å². The van der Waals surface area contributed by atoms with Crippen LogP contribution in [0.3, 0.4) is 0 Å². The Bertz CT molecular complexity index is 624. The number of nitrogens with zero attached hydrogens (tertiary/aromatic N) is 1. The summed E-state index contributed by atoms with van der Waals surface area (Å²) < 4.78 is 90.6. The lowest BCUT2D eigenvalue weighted by Gasteiger charge is -2.18. The van der Waals surface area contributed by atoms with E-state index >= 15 is 0 Å². The summed E-state index contributed by atoms with van der Waals surface area (Å²) in [7, 11) is -2.30. The van der Waals surface area contributed by atoms with Crippen molar-refractivity contribution in [2.45, 2.75) is 32.8 Å². The van der Waals surface area contributed by atoms with Crippen LogP contribution < -0.4 is 5.46 Å². The lowest BCUT2D eigenvalue weighted by atomic mass is 9.77. The number of aryl methyl sites for hydroxylation is 1. The van der Waals surface area contributed by atoms with Gasteiger partial charge < -0.3 is 10.0 Å². The minimum Gasteiger partial charge on any atom is -0.423 e. The van der Waals surface area contributed by atoms with E-state index in [1.165, 1.54) is 0 Å². The topological polar surface area (TPSA) is 53.4 Å². The van der Waals surface area contributed by atoms with E-state index in [9.17, 15) is 10.0 Å². The zero-order valence-electron chi connectivity index (χ0n) is 19.1. The van der Waals surface area contributed by atoms with E-state index < -0.39 is 56.7 Å². The molecule has 2 N–H and O–H groups in total. The summed E-state index contributed by atoms with van der Waals surface area (Å²) in [6, 6.07) is 0.479. The van der Waals surface area contributed by atoms with Gasteiger partial charge in [0.05, 0.1) is 0 Å². The molecule has 1 aromatic heterocycles. The Morgan fingerprint density at radius 3 is 2.64 bits per heavy atom. The molecule has 0 bridgehead atoms. The Morgan fingerprint density at radius 2 is 2.14 bits per heavy atom. The molecule has 0 unspecified atom stereocenters. The molecule has 0 amide bonds. The molecule has 0 atom stereocenters. The highest BCUT2D eigenvalue weighted by molar-refractivity contribution is 6.59. The number of hydrogen-bond acceptors (Lipinski definition) is 3. The first-order chi connectivity index (χ1) is 11.3. The van der Waals surface area contributed by atoms with Gasteiger partial charge in [-0.05, 0) is 18.5 Å². The molecule has 3 nitrogen and oxygen atoms in total. The summed E-state index contributed by atoms with van der Waals surface area (Å²) >= 11 is 0. The normalized spacial score (nSPS) is 27.9. The van der Waals surface area contributed by atoms with E-state index in [1.807, 2.05) is 0 Å². The van der Waals surface area contributed by atoms with Gasteiger partial charge in [0.1, 0.15) is 0 Å². The first kappa shape index (κ1) is 3.06. The summed E-state index contributed by atoms with van der Waals surface area (Å²) in [5.74, 6) is 0. The second-order valence-corrected chi connectivity index (χ2v) is 2.78. The number of aromatic nitrogens is 1. The average molecular weight is 205 g/mol. The van der Waals surface area contributed by atoms with Crippen LogP contribution in [-0.4, -0.2) is 22.2 Å². The minimum atomic E-state index is -3.61. The lowest BCUT2D eigenvalue weighted by Crippen LogP contribution is -2.33. The summed E-state index contributed by atoms with van der Waals surface area (Å²) in [6.45, 7) is -13.8. The first-order valence-corrected chi connectivity index (χ1v) is 3.65. The van der Waals surface area contributed by atoms with Crippen LogP contribution >= 0.6 is 0 Å². The summed E-state index contributed by atoms with van der Waals surface area (Å²) in [6.07, 6.45) is 0.555. The molecule has 0 aliphatic rings. The van der Waals surface area contributed by atoms with Crippen molar-refractivity contribution in [3.8, 4) is 0 Å². The standard InChI is InChI=1S/C10H16BNO2/c1-7-5-9(10(2,3)4)12-6-8(7)11(13)14/h5-6,13-14H,1-4H3/i1D3,2D3,3D3,4D3. The van der Waals surface area contributed by atoms with Gasteiger partial charge in [-0.3, -0.25) is 4.98 Å². The predicted octanol–water partition coefficient (Wildman–Crippen LogP) is 0.367. The van der Waals surface area contributed by atoms with Gasteiger partial charge >= 0.3 is 7.12 Å². The van der Waals surface area contributed by atoms with Crippen molar-refractivity contribution in [1.29, 1.82) is 0 Å². The Labute approximate surface area is 102 Å². The quantitative estimate of drug-likeness (QED) is 0.651. The van der Waals surface area contributed by atoms with Gasteiger partial charge in [-0.25, -0.2) is 0 Å². The zero-order valence-corrected chi connectivity index (χ0v) is 7.07. The number of hydrogen-bond donors (Lipinski definition) is 2. The van der Waals surface area contributed by atoms with Crippen LogP contribution in [0.5, 0.6) is 0 Å². The third kappa shape index (κ3) is 2.33. The van der Waals surface area contributed by atoms with Gasteiger partial charge in [-0.15, -0.1) is 0 Å². The third-order valence-corrected chi connectivity index (χ3v) is 1.60. The van der Waals surface area contributed by atoms with Gasteiger partial charge in [-0.2, -0.15) is 0 Å². The van der Waals surface area contributed by atoms with Crippen LogP contribution in [0.15, 0.2) is 12.3 Å². The Kier molecular flexibility index (Phi) is 0.812. The largest absolute Gasteiger partial charge is 0.490 e. The van der Waals surface area contributed by atoms with Crippen molar-refractivity contribution < 1.29 is 26.5 Å². The van der Waals surface area contributed by atoms with Gasteiger partial charge in [0.15, 0.2) is 0 Å². The van der Waals surface area contributed by atoms with Crippen molar-refractivity contribution in [1.82, 2.24) is 4.98 Å². The Balaban J connectivity index is 4.03. The Morgan fingerprint density at radius 1 is 1.43 bits per heavy atom. The highest BCUT2D eigenvalue weighted by Gasteiger charge is 2.19. The zero-order chi connectivity index (χ0) is 20.9. The Hall–Kier alpha value is -0.865. The van der Waals surface area contributed by atoms with Crippen LogP contribution in [-0.2, 0) is 5.41 Å². The fourth-order valence-electron chi connectivity index (χ4n) is 0.877. The van der Waals surface area contributed by atoms with Crippen molar-refractivity contribution in [2.24, 2.45) is 0 Å². The average Bonchev–Trinajstić information content (AvgIpc) is 2.32. The summed E-state index contributed by atoms with van der Waals surface area (Å²) in [4.78, 5) is 3.50. The number of rotatable bonds is 1. The molecular formula is C10H16BNO2. The maximum absolute atomic E-state index is 9.27. The van der Waals surface area contributed by atoms with Gasteiger partial charge in [-0.1, -0.05) is 20.6 Å². The molecule has 0 spiro atoms. The molecule has 0 radical (unpaired) electrons. The molecule has 0 aliphatic heterocycles. The van der Waals surface area contributed by atoms with E-state index in [2.05, 4.69) is 4.98 Å². The second kappa shape index (κ2) is 3.71. The van der Waals surface area contributed by atoms with E-state index in [0.29, 0.717) is 12.3 Å². The SMILES string of the molecule is [2H]C([2H])([2H])c1cc(C(C([2H])([2H])[2H])(C([2H])([2H])[2H])C([2H])([2H])[2H])ncc1B(O)O. The van der Waals surface area contributed by atoms with Crippen LogP contribution in [0.25, 0.3) is 0 Å².